The number of rotatable bonds is 4. The lowest BCUT2D eigenvalue weighted by Crippen LogP contribution is -2.30. The fourth-order valence-corrected chi connectivity index (χ4v) is 5.89. The topological polar surface area (TPSA) is 40.5 Å². The van der Waals surface area contributed by atoms with Crippen LogP contribution in [0.5, 0.6) is 11.5 Å². The summed E-state index contributed by atoms with van der Waals surface area (Å²) in [5.74, 6) is 1.48. The molecule has 2 aromatic rings. The molecular weight excluding hydrogens is 356 g/mol. The van der Waals surface area contributed by atoms with Gasteiger partial charge in [0.1, 0.15) is 11.5 Å². The quantitative estimate of drug-likeness (QED) is 0.587. The summed E-state index contributed by atoms with van der Waals surface area (Å²) in [6.07, 6.45) is 12.5. The maximum Gasteiger partial charge on any atom is 0.115 e. The van der Waals surface area contributed by atoms with Gasteiger partial charge in [0.15, 0.2) is 0 Å². The third-order valence-electron chi connectivity index (χ3n) is 7.98. The molecule has 2 nitrogen and oxygen atoms in total. The summed E-state index contributed by atoms with van der Waals surface area (Å²) in [6.45, 7) is 4.79. The molecule has 0 radical (unpaired) electrons. The van der Waals surface area contributed by atoms with Gasteiger partial charge in [0, 0.05) is 0 Å². The molecule has 0 unspecified atom stereocenters. The molecule has 2 saturated carbocycles. The van der Waals surface area contributed by atoms with Gasteiger partial charge in [0.05, 0.1) is 0 Å². The summed E-state index contributed by atoms with van der Waals surface area (Å²) >= 11 is 0. The number of phenols is 2. The molecular formula is C27H36O2. The van der Waals surface area contributed by atoms with Gasteiger partial charge in [-0.2, -0.15) is 0 Å². The molecule has 0 aromatic heterocycles. The van der Waals surface area contributed by atoms with Crippen molar-refractivity contribution < 1.29 is 10.2 Å². The Hall–Kier alpha value is -1.96. The van der Waals surface area contributed by atoms with Gasteiger partial charge in [-0.05, 0) is 103 Å². The second kappa shape index (κ2) is 8.05. The highest BCUT2D eigenvalue weighted by molar-refractivity contribution is 5.40. The molecule has 0 heterocycles. The van der Waals surface area contributed by atoms with Crippen molar-refractivity contribution in [3.8, 4) is 11.5 Å². The summed E-state index contributed by atoms with van der Waals surface area (Å²) in [7, 11) is 0. The summed E-state index contributed by atoms with van der Waals surface area (Å²) in [6, 6.07) is 14.0. The highest BCUT2D eigenvalue weighted by Crippen LogP contribution is 2.45. The first kappa shape index (κ1) is 20.3. The molecule has 0 spiro atoms. The molecule has 2 heteroatoms. The zero-order valence-electron chi connectivity index (χ0n) is 18.1. The van der Waals surface area contributed by atoms with Crippen molar-refractivity contribution in [3.63, 3.8) is 0 Å². The van der Waals surface area contributed by atoms with E-state index in [2.05, 4.69) is 38.1 Å². The molecule has 0 saturated heterocycles. The standard InChI is InChI=1S/C27H36O2/c1-26(22-7-10-23(28)11-8-22)16-12-20(13-17-26)18-21-6-9-24(29)19-25(21)27(2)14-4-3-5-15-27/h6-11,19-20,28-29H,3-5,12-18H2,1-2H3. The largest absolute Gasteiger partial charge is 0.508 e. The Morgan fingerprint density at radius 3 is 2.03 bits per heavy atom. The Morgan fingerprint density at radius 1 is 0.759 bits per heavy atom. The van der Waals surface area contributed by atoms with Crippen LogP contribution in [-0.2, 0) is 17.3 Å². The normalized spacial score (nSPS) is 26.9. The average Bonchev–Trinajstić information content (AvgIpc) is 2.72. The Kier molecular flexibility index (Phi) is 5.64. The van der Waals surface area contributed by atoms with E-state index < -0.39 is 0 Å². The van der Waals surface area contributed by atoms with E-state index in [1.165, 1.54) is 74.5 Å². The van der Waals surface area contributed by atoms with Crippen LogP contribution in [-0.4, -0.2) is 10.2 Å². The van der Waals surface area contributed by atoms with Gasteiger partial charge >= 0.3 is 0 Å². The predicted octanol–water partition coefficient (Wildman–Crippen LogP) is 7.01. The molecule has 2 aliphatic rings. The minimum Gasteiger partial charge on any atom is -0.508 e. The Labute approximate surface area is 176 Å². The van der Waals surface area contributed by atoms with Crippen LogP contribution in [0.1, 0.15) is 88.3 Å². The van der Waals surface area contributed by atoms with E-state index in [1.807, 2.05) is 18.2 Å². The lowest BCUT2D eigenvalue weighted by molar-refractivity contribution is 0.244. The maximum absolute atomic E-state index is 10.2. The van der Waals surface area contributed by atoms with Crippen LogP contribution in [0.3, 0.4) is 0 Å². The van der Waals surface area contributed by atoms with E-state index in [9.17, 15) is 10.2 Å². The second-order valence-corrected chi connectivity index (χ2v) is 10.2. The van der Waals surface area contributed by atoms with E-state index in [4.69, 9.17) is 0 Å². The van der Waals surface area contributed by atoms with E-state index in [0.29, 0.717) is 11.5 Å². The monoisotopic (exact) mass is 392 g/mol. The molecule has 2 aromatic carbocycles. The van der Waals surface area contributed by atoms with Crippen LogP contribution >= 0.6 is 0 Å². The van der Waals surface area contributed by atoms with Gasteiger partial charge in [-0.15, -0.1) is 0 Å². The first-order valence-electron chi connectivity index (χ1n) is 11.5. The van der Waals surface area contributed by atoms with Gasteiger partial charge in [-0.3, -0.25) is 0 Å². The van der Waals surface area contributed by atoms with Crippen molar-refractivity contribution in [2.45, 2.75) is 88.9 Å². The number of aromatic hydroxyl groups is 2. The van der Waals surface area contributed by atoms with Crippen LogP contribution in [0.15, 0.2) is 42.5 Å². The fourth-order valence-electron chi connectivity index (χ4n) is 5.89. The lowest BCUT2D eigenvalue weighted by atomic mass is 9.65. The number of hydrogen-bond donors (Lipinski definition) is 2. The molecule has 4 rings (SSSR count). The molecule has 0 aliphatic heterocycles. The minimum atomic E-state index is 0.220. The Bertz CT molecular complexity index is 822. The van der Waals surface area contributed by atoms with Crippen molar-refractivity contribution in [1.29, 1.82) is 0 Å². The number of phenolic OH excluding ortho intramolecular Hbond substituents is 2. The average molecular weight is 393 g/mol. The summed E-state index contributed by atoms with van der Waals surface area (Å²) in [5, 5.41) is 19.8. The molecule has 29 heavy (non-hydrogen) atoms. The maximum atomic E-state index is 10.2. The molecule has 2 aliphatic carbocycles. The third-order valence-corrected chi connectivity index (χ3v) is 7.98. The molecule has 0 bridgehead atoms. The highest BCUT2D eigenvalue weighted by atomic mass is 16.3. The van der Waals surface area contributed by atoms with E-state index in [-0.39, 0.29) is 10.8 Å². The first-order valence-corrected chi connectivity index (χ1v) is 11.5. The SMILES string of the molecule is CC1(c2ccc(O)cc2)CCC(Cc2ccc(O)cc2C2(C)CCCCC2)CC1. The van der Waals surface area contributed by atoms with Gasteiger partial charge in [-0.25, -0.2) is 0 Å². The van der Waals surface area contributed by atoms with Crippen molar-refractivity contribution in [1.82, 2.24) is 0 Å². The van der Waals surface area contributed by atoms with Gasteiger partial charge in [0.2, 0.25) is 0 Å². The fraction of sp³-hybridized carbons (Fsp3) is 0.556. The van der Waals surface area contributed by atoms with E-state index in [0.717, 1.165) is 12.3 Å². The first-order chi connectivity index (χ1) is 13.9. The Balaban J connectivity index is 1.48. The molecule has 0 amide bonds. The van der Waals surface area contributed by atoms with Crippen molar-refractivity contribution in [2.75, 3.05) is 0 Å². The van der Waals surface area contributed by atoms with Crippen LogP contribution in [0, 0.1) is 5.92 Å². The van der Waals surface area contributed by atoms with Crippen LogP contribution in [0.2, 0.25) is 0 Å². The van der Waals surface area contributed by atoms with Crippen molar-refractivity contribution in [3.05, 3.63) is 59.2 Å². The van der Waals surface area contributed by atoms with E-state index >= 15 is 0 Å². The zero-order chi connectivity index (χ0) is 20.5. The summed E-state index contributed by atoms with van der Waals surface area (Å²) in [5.41, 5.74) is 4.67. The smallest absolute Gasteiger partial charge is 0.115 e. The van der Waals surface area contributed by atoms with Gasteiger partial charge < -0.3 is 10.2 Å². The molecule has 2 N–H and O–H groups in total. The van der Waals surface area contributed by atoms with E-state index in [1.54, 1.807) is 0 Å². The molecule has 156 valence electrons. The lowest BCUT2D eigenvalue weighted by Gasteiger charge is -2.39. The van der Waals surface area contributed by atoms with Crippen LogP contribution < -0.4 is 0 Å². The Morgan fingerprint density at radius 2 is 1.38 bits per heavy atom. The minimum absolute atomic E-state index is 0.220. The number of benzene rings is 2. The summed E-state index contributed by atoms with van der Waals surface area (Å²) < 4.78 is 0. The van der Waals surface area contributed by atoms with Crippen molar-refractivity contribution >= 4 is 0 Å². The molecule has 0 atom stereocenters. The van der Waals surface area contributed by atoms with Crippen LogP contribution in [0.4, 0.5) is 0 Å². The second-order valence-electron chi connectivity index (χ2n) is 10.2. The zero-order valence-corrected chi connectivity index (χ0v) is 18.1. The van der Waals surface area contributed by atoms with Gasteiger partial charge in [-0.1, -0.05) is 51.3 Å². The van der Waals surface area contributed by atoms with Crippen LogP contribution in [0.25, 0.3) is 0 Å². The number of hydrogen-bond acceptors (Lipinski definition) is 2. The van der Waals surface area contributed by atoms with Gasteiger partial charge in [0.25, 0.3) is 0 Å². The summed E-state index contributed by atoms with van der Waals surface area (Å²) in [4.78, 5) is 0. The molecule has 2 fully saturated rings. The van der Waals surface area contributed by atoms with Crippen molar-refractivity contribution in [2.24, 2.45) is 5.92 Å². The highest BCUT2D eigenvalue weighted by Gasteiger charge is 2.35. The third kappa shape index (κ3) is 4.32. The predicted molar refractivity (Wildman–Crippen MR) is 120 cm³/mol.